The highest BCUT2D eigenvalue weighted by molar-refractivity contribution is 14.1. The van der Waals surface area contributed by atoms with Crippen LogP contribution in [0.5, 0.6) is 5.75 Å². The summed E-state index contributed by atoms with van der Waals surface area (Å²) in [5.41, 5.74) is 0.00767. The van der Waals surface area contributed by atoms with Gasteiger partial charge in [0.1, 0.15) is 23.2 Å². The van der Waals surface area contributed by atoms with Gasteiger partial charge in [0.15, 0.2) is 10.4 Å². The van der Waals surface area contributed by atoms with Crippen LogP contribution in [0.25, 0.3) is 6.08 Å². The average Bonchev–Trinajstić information content (AvgIpc) is 2.96. The number of para-hydroxylation sites is 1. The Labute approximate surface area is 195 Å². The number of nitrogens with zero attached hydrogens (tertiary/aromatic N) is 2. The molecule has 0 radical (unpaired) electrons. The van der Waals surface area contributed by atoms with Crippen LogP contribution in [0.3, 0.4) is 0 Å². The average molecular weight is 544 g/mol. The summed E-state index contributed by atoms with van der Waals surface area (Å²) < 4.78 is 14.9. The molecule has 2 aliphatic heterocycles. The number of halogens is 1. The number of benzene rings is 2. The Morgan fingerprint density at radius 3 is 2.87 bits per heavy atom. The van der Waals surface area contributed by atoms with Crippen LogP contribution in [0, 0.1) is 9.49 Å². The fraction of sp³-hybridized carbons (Fsp3) is 0.261. The molecule has 3 aliphatic rings. The molecule has 156 valence electrons. The van der Waals surface area contributed by atoms with Gasteiger partial charge in [-0.15, -0.1) is 0 Å². The van der Waals surface area contributed by atoms with E-state index >= 15 is 0 Å². The lowest BCUT2D eigenvalue weighted by molar-refractivity contribution is -0.144. The molecule has 0 bridgehead atoms. The van der Waals surface area contributed by atoms with Crippen LogP contribution in [-0.4, -0.2) is 28.8 Å². The van der Waals surface area contributed by atoms with Crippen molar-refractivity contribution in [3.63, 3.8) is 0 Å². The molecule has 2 aromatic carbocycles. The molecule has 0 amide bonds. The molecule has 31 heavy (non-hydrogen) atoms. The van der Waals surface area contributed by atoms with Gasteiger partial charge in [0.25, 0.3) is 5.56 Å². The molecule has 8 heteroatoms. The minimum atomic E-state index is -0.943. The monoisotopic (exact) mass is 544 g/mol. The highest BCUT2D eigenvalue weighted by Gasteiger charge is 2.88. The minimum Gasteiger partial charge on any atom is -0.481 e. The molecule has 6 nitrogen and oxygen atoms in total. The maximum absolute atomic E-state index is 13.6. The maximum Gasteiger partial charge on any atom is 0.315 e. The number of methoxy groups -OCH3 is 1. The van der Waals surface area contributed by atoms with Crippen molar-refractivity contribution in [1.82, 2.24) is 4.57 Å². The van der Waals surface area contributed by atoms with E-state index in [0.717, 1.165) is 14.7 Å². The van der Waals surface area contributed by atoms with E-state index in [1.165, 1.54) is 18.4 Å². The van der Waals surface area contributed by atoms with Crippen molar-refractivity contribution in [2.45, 2.75) is 24.1 Å². The van der Waals surface area contributed by atoms with Gasteiger partial charge < -0.3 is 9.47 Å². The van der Waals surface area contributed by atoms with Gasteiger partial charge in [-0.25, -0.2) is 4.99 Å². The van der Waals surface area contributed by atoms with Gasteiger partial charge in [0.2, 0.25) is 0 Å². The normalized spacial score (nSPS) is 29.7. The number of aromatic nitrogens is 1. The molecule has 3 heterocycles. The summed E-state index contributed by atoms with van der Waals surface area (Å²) in [6.07, 6.45) is 1.90. The Morgan fingerprint density at radius 1 is 1.29 bits per heavy atom. The molecule has 4 atom stereocenters. The zero-order valence-electron chi connectivity index (χ0n) is 16.7. The fourth-order valence-corrected chi connectivity index (χ4v) is 6.87. The lowest BCUT2D eigenvalue weighted by Gasteiger charge is -2.26. The number of hydrogen-bond acceptors (Lipinski definition) is 6. The molecule has 1 aromatic heterocycles. The van der Waals surface area contributed by atoms with Crippen molar-refractivity contribution >= 4 is 46.0 Å². The first kappa shape index (κ1) is 19.2. The fourth-order valence-electron chi connectivity index (χ4n) is 5.21. The number of rotatable bonds is 2. The van der Waals surface area contributed by atoms with Crippen molar-refractivity contribution in [3.8, 4) is 5.75 Å². The molecule has 0 N–H and O–H groups in total. The van der Waals surface area contributed by atoms with Crippen molar-refractivity contribution in [2.24, 2.45) is 10.9 Å². The van der Waals surface area contributed by atoms with E-state index in [1.54, 1.807) is 4.57 Å². The van der Waals surface area contributed by atoms with Crippen molar-refractivity contribution in [1.29, 1.82) is 0 Å². The molecular formula is C23H17IN2O4S. The molecule has 1 aliphatic carbocycles. The third-order valence-corrected chi connectivity index (χ3v) is 8.26. The number of carbonyl (C=O) groups excluding carboxylic acids is 1. The SMILES string of the molecule is COC(=O)C1C2(C)N=c3s/c(=C\c4cccc(I)c4)c(=O)n3C3c4ccccc4OC312. The summed E-state index contributed by atoms with van der Waals surface area (Å²) in [4.78, 5) is 31.8. The number of esters is 1. The van der Waals surface area contributed by atoms with Gasteiger partial charge in [-0.1, -0.05) is 41.7 Å². The molecule has 1 spiro atoms. The van der Waals surface area contributed by atoms with E-state index in [-0.39, 0.29) is 11.5 Å². The van der Waals surface area contributed by atoms with E-state index in [9.17, 15) is 9.59 Å². The summed E-state index contributed by atoms with van der Waals surface area (Å²) >= 11 is 3.61. The second kappa shape index (κ2) is 6.29. The Balaban J connectivity index is 1.63. The Bertz CT molecular complexity index is 1460. The first-order chi connectivity index (χ1) is 14.9. The summed E-state index contributed by atoms with van der Waals surface area (Å²) in [7, 11) is 1.38. The molecule has 4 unspecified atom stereocenters. The van der Waals surface area contributed by atoms with Gasteiger partial charge in [0.05, 0.1) is 11.6 Å². The molecule has 1 saturated carbocycles. The van der Waals surface area contributed by atoms with Crippen molar-refractivity contribution < 1.29 is 14.3 Å². The number of thiazole rings is 1. The van der Waals surface area contributed by atoms with E-state index in [0.29, 0.717) is 15.1 Å². The second-order valence-electron chi connectivity index (χ2n) is 8.17. The quantitative estimate of drug-likeness (QED) is 0.367. The lowest BCUT2D eigenvalue weighted by Crippen LogP contribution is -2.47. The van der Waals surface area contributed by atoms with E-state index < -0.39 is 23.1 Å². The van der Waals surface area contributed by atoms with Crippen molar-refractivity contribution in [3.05, 3.63) is 82.9 Å². The molecular weight excluding hydrogens is 527 g/mol. The van der Waals surface area contributed by atoms with Crippen LogP contribution in [0.1, 0.15) is 24.1 Å². The van der Waals surface area contributed by atoms with Gasteiger partial charge in [0, 0.05) is 9.13 Å². The lowest BCUT2D eigenvalue weighted by atomic mass is 9.97. The van der Waals surface area contributed by atoms with Gasteiger partial charge in [-0.05, 0) is 59.4 Å². The minimum absolute atomic E-state index is 0.121. The number of hydrogen-bond donors (Lipinski definition) is 0. The van der Waals surface area contributed by atoms with Gasteiger partial charge in [-0.2, -0.15) is 0 Å². The van der Waals surface area contributed by atoms with Crippen LogP contribution >= 0.6 is 33.9 Å². The molecule has 6 rings (SSSR count). The van der Waals surface area contributed by atoms with E-state index in [2.05, 4.69) is 22.6 Å². The Morgan fingerprint density at radius 2 is 2.10 bits per heavy atom. The highest BCUT2D eigenvalue weighted by atomic mass is 127. The maximum atomic E-state index is 13.6. The topological polar surface area (TPSA) is 69.9 Å². The van der Waals surface area contributed by atoms with Crippen LogP contribution in [0.2, 0.25) is 0 Å². The summed E-state index contributed by atoms with van der Waals surface area (Å²) in [6, 6.07) is 15.2. The van der Waals surface area contributed by atoms with E-state index in [4.69, 9.17) is 14.5 Å². The molecule has 3 aromatic rings. The van der Waals surface area contributed by atoms with Crippen molar-refractivity contribution in [2.75, 3.05) is 7.11 Å². The second-order valence-corrected chi connectivity index (χ2v) is 10.4. The number of fused-ring (bicyclic) bond motifs is 4. The molecule has 1 fully saturated rings. The summed E-state index contributed by atoms with van der Waals surface area (Å²) in [5.74, 6) is -0.246. The standard InChI is InChI=1S/C23H17IN2O4S/c1-22-17(20(28)29-2)23(22)18(14-8-3-4-9-15(14)30-23)26-19(27)16(31-21(26)25-22)11-12-6-5-7-13(24)10-12/h3-11,17-18H,1-2H3/b16-11-. The van der Waals surface area contributed by atoms with Crippen LogP contribution in [0.4, 0.5) is 0 Å². The largest absolute Gasteiger partial charge is 0.481 e. The predicted molar refractivity (Wildman–Crippen MR) is 124 cm³/mol. The smallest absolute Gasteiger partial charge is 0.315 e. The predicted octanol–water partition coefficient (Wildman–Crippen LogP) is 2.26. The number of ether oxygens (including phenoxy) is 2. The highest BCUT2D eigenvalue weighted by Crippen LogP contribution is 2.70. The Hall–Kier alpha value is -2.46. The van der Waals surface area contributed by atoms with Crippen LogP contribution in [0.15, 0.2) is 58.3 Å². The van der Waals surface area contributed by atoms with E-state index in [1.807, 2.05) is 61.5 Å². The zero-order chi connectivity index (χ0) is 21.5. The summed E-state index contributed by atoms with van der Waals surface area (Å²) in [5, 5.41) is 0. The number of carbonyl (C=O) groups is 1. The molecule has 0 saturated heterocycles. The zero-order valence-corrected chi connectivity index (χ0v) is 19.6. The van der Waals surface area contributed by atoms with Crippen LogP contribution in [-0.2, 0) is 9.53 Å². The van der Waals surface area contributed by atoms with Gasteiger partial charge >= 0.3 is 5.97 Å². The third-order valence-electron chi connectivity index (χ3n) is 6.60. The Kier molecular flexibility index (Phi) is 3.90. The van der Waals surface area contributed by atoms with Crippen LogP contribution < -0.4 is 19.6 Å². The third kappa shape index (κ3) is 2.34. The first-order valence-corrected chi connectivity index (χ1v) is 11.7. The first-order valence-electron chi connectivity index (χ1n) is 9.85. The van der Waals surface area contributed by atoms with Gasteiger partial charge in [-0.3, -0.25) is 14.2 Å². The summed E-state index contributed by atoms with van der Waals surface area (Å²) in [6.45, 7) is 1.92.